The van der Waals surface area contributed by atoms with E-state index in [0.29, 0.717) is 16.7 Å². The number of carbonyl (C=O) groups is 1. The molecule has 0 saturated carbocycles. The Morgan fingerprint density at radius 3 is 2.67 bits per heavy atom. The van der Waals surface area contributed by atoms with Crippen LogP contribution in [0, 0.1) is 13.7 Å². The second-order valence-corrected chi connectivity index (χ2v) is 6.69. The van der Waals surface area contributed by atoms with Crippen LogP contribution in [0.1, 0.15) is 41.3 Å². The van der Waals surface area contributed by atoms with E-state index in [9.17, 15) is 14.9 Å². The average molecular weight is 437 g/mol. The molecule has 0 bridgehead atoms. The number of nitro benzene ring substituents is 1. The summed E-state index contributed by atoms with van der Waals surface area (Å²) < 4.78 is 0.948. The number of hydrogen-bond acceptors (Lipinski definition) is 4. The first-order valence-corrected chi connectivity index (χ1v) is 8.33. The molecule has 0 aliphatic heterocycles. The van der Waals surface area contributed by atoms with E-state index in [4.69, 9.17) is 0 Å². The lowest BCUT2D eigenvalue weighted by Gasteiger charge is -2.06. The van der Waals surface area contributed by atoms with Crippen LogP contribution in [0.15, 0.2) is 47.6 Å². The molecule has 0 unspecified atom stereocenters. The molecule has 0 heterocycles. The summed E-state index contributed by atoms with van der Waals surface area (Å²) in [7, 11) is 0. The van der Waals surface area contributed by atoms with E-state index in [-0.39, 0.29) is 17.5 Å². The molecule has 0 spiro atoms. The molecule has 7 heteroatoms. The molecule has 1 amide bonds. The maximum atomic E-state index is 12.0. The van der Waals surface area contributed by atoms with E-state index < -0.39 is 4.92 Å². The second kappa shape index (κ2) is 8.00. The van der Waals surface area contributed by atoms with Crippen molar-refractivity contribution in [2.75, 3.05) is 0 Å². The van der Waals surface area contributed by atoms with Crippen molar-refractivity contribution >= 4 is 40.4 Å². The average Bonchev–Trinajstić information content (AvgIpc) is 2.54. The Hall–Kier alpha value is -2.29. The lowest BCUT2D eigenvalue weighted by Crippen LogP contribution is -2.17. The summed E-state index contributed by atoms with van der Waals surface area (Å²) in [6.45, 7) is 3.80. The van der Waals surface area contributed by atoms with Crippen LogP contribution in [0.4, 0.5) is 5.69 Å². The molecule has 124 valence electrons. The van der Waals surface area contributed by atoms with Crippen LogP contribution in [-0.4, -0.2) is 17.0 Å². The molecule has 0 atom stereocenters. The highest BCUT2D eigenvalue weighted by Gasteiger charge is 2.16. The standard InChI is InChI=1S/C17H16IN3O3/c1-11(2)15-7-6-12(8-16(15)21(23)24)10-19-20-17(22)13-4-3-5-14(18)9-13/h3-11H,1-2H3,(H,20,22)/b19-10+. The predicted molar refractivity (Wildman–Crippen MR) is 101 cm³/mol. The van der Waals surface area contributed by atoms with E-state index in [0.717, 1.165) is 3.57 Å². The zero-order valence-electron chi connectivity index (χ0n) is 13.2. The molecular formula is C17H16IN3O3. The third-order valence-electron chi connectivity index (χ3n) is 3.34. The summed E-state index contributed by atoms with van der Waals surface area (Å²) in [5.74, 6) is -0.283. The quantitative estimate of drug-likeness (QED) is 0.331. The maximum absolute atomic E-state index is 12.0. The van der Waals surface area contributed by atoms with Gasteiger partial charge in [-0.2, -0.15) is 5.10 Å². The monoisotopic (exact) mass is 437 g/mol. The molecule has 2 aromatic carbocycles. The molecule has 0 fully saturated rings. The first-order valence-electron chi connectivity index (χ1n) is 7.26. The Balaban J connectivity index is 2.13. The van der Waals surface area contributed by atoms with Gasteiger partial charge < -0.3 is 0 Å². The summed E-state index contributed by atoms with van der Waals surface area (Å²) in [4.78, 5) is 22.7. The van der Waals surface area contributed by atoms with Gasteiger partial charge in [0.1, 0.15) is 0 Å². The van der Waals surface area contributed by atoms with Gasteiger partial charge in [0.25, 0.3) is 11.6 Å². The minimum Gasteiger partial charge on any atom is -0.267 e. The van der Waals surface area contributed by atoms with E-state index >= 15 is 0 Å². The number of nitro groups is 1. The molecule has 2 aromatic rings. The summed E-state index contributed by atoms with van der Waals surface area (Å²) in [5.41, 5.74) is 4.19. The normalized spacial score (nSPS) is 11.0. The number of nitrogens with one attached hydrogen (secondary N) is 1. The zero-order chi connectivity index (χ0) is 17.7. The van der Waals surface area contributed by atoms with Crippen LogP contribution in [0.25, 0.3) is 0 Å². The Morgan fingerprint density at radius 1 is 1.29 bits per heavy atom. The van der Waals surface area contributed by atoms with Crippen LogP contribution < -0.4 is 5.43 Å². The number of amides is 1. The number of nitrogens with zero attached hydrogens (tertiary/aromatic N) is 2. The van der Waals surface area contributed by atoms with Crippen molar-refractivity contribution in [2.45, 2.75) is 19.8 Å². The van der Waals surface area contributed by atoms with Crippen molar-refractivity contribution in [3.05, 3.63) is 72.8 Å². The van der Waals surface area contributed by atoms with E-state index in [1.54, 1.807) is 30.3 Å². The summed E-state index contributed by atoms with van der Waals surface area (Å²) >= 11 is 2.12. The fourth-order valence-corrected chi connectivity index (χ4v) is 2.69. The summed E-state index contributed by atoms with van der Waals surface area (Å²) in [6, 6.07) is 12.0. The molecule has 24 heavy (non-hydrogen) atoms. The van der Waals surface area contributed by atoms with Crippen molar-refractivity contribution < 1.29 is 9.72 Å². The van der Waals surface area contributed by atoms with Gasteiger partial charge in [-0.05, 0) is 46.7 Å². The van der Waals surface area contributed by atoms with Gasteiger partial charge in [-0.15, -0.1) is 0 Å². The third kappa shape index (κ3) is 4.60. The van der Waals surface area contributed by atoms with Crippen molar-refractivity contribution in [3.8, 4) is 0 Å². The van der Waals surface area contributed by atoms with E-state index in [1.807, 2.05) is 19.9 Å². The second-order valence-electron chi connectivity index (χ2n) is 5.44. The summed E-state index contributed by atoms with van der Waals surface area (Å²) in [5, 5.41) is 15.0. The number of carbonyl (C=O) groups excluding carboxylic acids is 1. The first kappa shape index (κ1) is 18.1. The molecule has 1 N–H and O–H groups in total. The van der Waals surface area contributed by atoms with E-state index in [1.165, 1.54) is 12.3 Å². The highest BCUT2D eigenvalue weighted by atomic mass is 127. The highest BCUT2D eigenvalue weighted by molar-refractivity contribution is 14.1. The van der Waals surface area contributed by atoms with Crippen LogP contribution in [0.3, 0.4) is 0 Å². The van der Waals surface area contributed by atoms with Gasteiger partial charge in [0.2, 0.25) is 0 Å². The van der Waals surface area contributed by atoms with Crippen molar-refractivity contribution in [3.63, 3.8) is 0 Å². The Morgan fingerprint density at radius 2 is 2.04 bits per heavy atom. The predicted octanol–water partition coefficient (Wildman–Crippen LogP) is 4.09. The molecule has 0 saturated heterocycles. The minimum atomic E-state index is -0.406. The topological polar surface area (TPSA) is 84.6 Å². The van der Waals surface area contributed by atoms with Crippen molar-refractivity contribution in [1.29, 1.82) is 0 Å². The SMILES string of the molecule is CC(C)c1ccc(/C=N/NC(=O)c2cccc(I)c2)cc1[N+](=O)[O-]. The zero-order valence-corrected chi connectivity index (χ0v) is 15.4. The van der Waals surface area contributed by atoms with Gasteiger partial charge in [-0.25, -0.2) is 5.43 Å². The summed E-state index contributed by atoms with van der Waals surface area (Å²) in [6.07, 6.45) is 1.39. The number of halogens is 1. The number of hydrazone groups is 1. The largest absolute Gasteiger partial charge is 0.273 e. The molecule has 0 aromatic heterocycles. The van der Waals surface area contributed by atoms with E-state index in [2.05, 4.69) is 33.1 Å². The van der Waals surface area contributed by atoms with Crippen LogP contribution in [0.2, 0.25) is 0 Å². The van der Waals surface area contributed by atoms with Gasteiger partial charge in [0, 0.05) is 26.3 Å². The molecule has 0 radical (unpaired) electrons. The van der Waals surface area contributed by atoms with Crippen LogP contribution in [0.5, 0.6) is 0 Å². The van der Waals surface area contributed by atoms with Gasteiger partial charge in [-0.3, -0.25) is 14.9 Å². The molecule has 0 aliphatic rings. The molecule has 0 aliphatic carbocycles. The maximum Gasteiger partial charge on any atom is 0.273 e. The fourth-order valence-electron chi connectivity index (χ4n) is 2.15. The fraction of sp³-hybridized carbons (Fsp3) is 0.176. The van der Waals surface area contributed by atoms with Crippen molar-refractivity contribution in [2.24, 2.45) is 5.10 Å². The van der Waals surface area contributed by atoms with Gasteiger partial charge in [-0.1, -0.05) is 32.0 Å². The Kier molecular flexibility index (Phi) is 6.02. The Bertz CT molecular complexity index is 803. The van der Waals surface area contributed by atoms with Crippen molar-refractivity contribution in [1.82, 2.24) is 5.43 Å². The number of hydrogen-bond donors (Lipinski definition) is 1. The third-order valence-corrected chi connectivity index (χ3v) is 4.01. The lowest BCUT2D eigenvalue weighted by atomic mass is 9.99. The first-order chi connectivity index (χ1) is 11.4. The highest BCUT2D eigenvalue weighted by Crippen LogP contribution is 2.26. The van der Waals surface area contributed by atoms with Crippen LogP contribution in [-0.2, 0) is 0 Å². The smallest absolute Gasteiger partial charge is 0.267 e. The number of benzene rings is 2. The Labute approximate surface area is 153 Å². The minimum absolute atomic E-state index is 0.0524. The van der Waals surface area contributed by atoms with Gasteiger partial charge >= 0.3 is 0 Å². The van der Waals surface area contributed by atoms with Gasteiger partial charge in [0.05, 0.1) is 11.1 Å². The molecular weight excluding hydrogens is 421 g/mol. The molecule has 2 rings (SSSR count). The number of rotatable bonds is 5. The molecule has 6 nitrogen and oxygen atoms in total. The van der Waals surface area contributed by atoms with Gasteiger partial charge in [0.15, 0.2) is 0 Å². The van der Waals surface area contributed by atoms with Crippen LogP contribution >= 0.6 is 22.6 Å². The lowest BCUT2D eigenvalue weighted by molar-refractivity contribution is -0.385.